The van der Waals surface area contributed by atoms with E-state index in [0.29, 0.717) is 11.7 Å². The summed E-state index contributed by atoms with van der Waals surface area (Å²) in [5.41, 5.74) is 1.95. The van der Waals surface area contributed by atoms with E-state index in [-0.39, 0.29) is 5.92 Å². The number of hydrogen-bond acceptors (Lipinski definition) is 7. The van der Waals surface area contributed by atoms with Crippen molar-refractivity contribution in [3.8, 4) is 11.5 Å². The minimum absolute atomic E-state index is 0.245. The Balaban J connectivity index is 1.57. The molecule has 0 aliphatic heterocycles. The molecule has 0 saturated heterocycles. The van der Waals surface area contributed by atoms with Crippen LogP contribution in [0.2, 0.25) is 0 Å². The molecule has 0 aliphatic carbocycles. The van der Waals surface area contributed by atoms with E-state index in [1.54, 1.807) is 17.5 Å². The second kappa shape index (κ2) is 7.09. The monoisotopic (exact) mass is 343 g/mol. The molecule has 0 aliphatic rings. The fourth-order valence-corrected chi connectivity index (χ4v) is 3.09. The Morgan fingerprint density at radius 1 is 1.21 bits per heavy atom. The summed E-state index contributed by atoms with van der Waals surface area (Å²) in [6.07, 6.45) is 2.64. The zero-order valence-corrected chi connectivity index (χ0v) is 15.1. The first-order valence-corrected chi connectivity index (χ1v) is 8.81. The molecule has 3 rings (SSSR count). The molecule has 0 spiro atoms. The van der Waals surface area contributed by atoms with E-state index in [0.717, 1.165) is 35.0 Å². The molecule has 7 heteroatoms. The number of anilines is 1. The van der Waals surface area contributed by atoms with Crippen molar-refractivity contribution < 1.29 is 4.52 Å². The maximum atomic E-state index is 5.28. The lowest BCUT2D eigenvalue weighted by Gasteiger charge is -2.04. The molecule has 1 N–H and O–H groups in total. The SMILES string of the molecule is Cc1nc(CCNc2ccc(-c3nc(C(C)C)no3)cn2)sc1C. The molecule has 3 aromatic heterocycles. The normalized spacial score (nSPS) is 11.2. The number of aryl methyl sites for hydroxylation is 2. The van der Waals surface area contributed by atoms with Gasteiger partial charge in [-0.15, -0.1) is 11.3 Å². The molecule has 0 atom stereocenters. The van der Waals surface area contributed by atoms with Crippen molar-refractivity contribution in [2.75, 3.05) is 11.9 Å². The third-order valence-corrected chi connectivity index (χ3v) is 4.82. The van der Waals surface area contributed by atoms with Gasteiger partial charge in [-0.25, -0.2) is 9.97 Å². The van der Waals surface area contributed by atoms with Gasteiger partial charge in [-0.1, -0.05) is 19.0 Å². The fourth-order valence-electron chi connectivity index (χ4n) is 2.16. The summed E-state index contributed by atoms with van der Waals surface area (Å²) in [5, 5.41) is 8.44. The highest BCUT2D eigenvalue weighted by Gasteiger charge is 2.11. The molecule has 0 aromatic carbocycles. The number of aromatic nitrogens is 4. The molecule has 3 aromatic rings. The highest BCUT2D eigenvalue weighted by molar-refractivity contribution is 7.11. The van der Waals surface area contributed by atoms with Gasteiger partial charge in [0.25, 0.3) is 5.89 Å². The number of nitrogens with zero attached hydrogens (tertiary/aromatic N) is 4. The molecular formula is C17H21N5OS. The molecule has 0 radical (unpaired) electrons. The van der Waals surface area contributed by atoms with E-state index in [9.17, 15) is 0 Å². The van der Waals surface area contributed by atoms with Gasteiger partial charge in [-0.3, -0.25) is 0 Å². The lowest BCUT2D eigenvalue weighted by Crippen LogP contribution is -2.06. The number of nitrogens with one attached hydrogen (secondary N) is 1. The van der Waals surface area contributed by atoms with Crippen LogP contribution in [0.1, 0.15) is 41.2 Å². The Labute approximate surface area is 145 Å². The second-order valence-electron chi connectivity index (χ2n) is 5.97. The van der Waals surface area contributed by atoms with Crippen molar-refractivity contribution in [2.24, 2.45) is 0 Å². The van der Waals surface area contributed by atoms with Gasteiger partial charge in [0.1, 0.15) is 5.82 Å². The smallest absolute Gasteiger partial charge is 0.259 e. The van der Waals surface area contributed by atoms with Crippen molar-refractivity contribution in [1.29, 1.82) is 0 Å². The summed E-state index contributed by atoms with van der Waals surface area (Å²) in [6.45, 7) is 9.02. The fraction of sp³-hybridized carbons (Fsp3) is 0.412. The molecule has 6 nitrogen and oxygen atoms in total. The van der Waals surface area contributed by atoms with Crippen LogP contribution < -0.4 is 5.32 Å². The van der Waals surface area contributed by atoms with Crippen LogP contribution in [-0.2, 0) is 6.42 Å². The molecule has 0 saturated carbocycles. The molecule has 0 fully saturated rings. The lowest BCUT2D eigenvalue weighted by atomic mass is 10.2. The van der Waals surface area contributed by atoms with Crippen molar-refractivity contribution in [3.63, 3.8) is 0 Å². The van der Waals surface area contributed by atoms with Gasteiger partial charge in [-0.2, -0.15) is 4.98 Å². The maximum absolute atomic E-state index is 5.28. The quantitative estimate of drug-likeness (QED) is 0.729. The molecule has 24 heavy (non-hydrogen) atoms. The lowest BCUT2D eigenvalue weighted by molar-refractivity contribution is 0.419. The van der Waals surface area contributed by atoms with E-state index >= 15 is 0 Å². The summed E-state index contributed by atoms with van der Waals surface area (Å²) in [7, 11) is 0. The van der Waals surface area contributed by atoms with Crippen molar-refractivity contribution in [1.82, 2.24) is 20.1 Å². The molecular weight excluding hydrogens is 322 g/mol. The Hall–Kier alpha value is -2.28. The number of hydrogen-bond donors (Lipinski definition) is 1. The molecule has 0 bridgehead atoms. The van der Waals surface area contributed by atoms with Crippen molar-refractivity contribution in [3.05, 3.63) is 39.7 Å². The van der Waals surface area contributed by atoms with Crippen molar-refractivity contribution in [2.45, 2.75) is 40.0 Å². The third kappa shape index (κ3) is 3.79. The van der Waals surface area contributed by atoms with Crippen LogP contribution in [0.15, 0.2) is 22.9 Å². The predicted molar refractivity (Wildman–Crippen MR) is 95.4 cm³/mol. The second-order valence-corrected chi connectivity index (χ2v) is 7.26. The van der Waals surface area contributed by atoms with Gasteiger partial charge in [0.2, 0.25) is 0 Å². The third-order valence-electron chi connectivity index (χ3n) is 3.69. The number of thiazole rings is 1. The average molecular weight is 343 g/mol. The minimum atomic E-state index is 0.245. The van der Waals surface area contributed by atoms with E-state index in [2.05, 4.69) is 32.3 Å². The van der Waals surface area contributed by atoms with E-state index in [4.69, 9.17) is 4.52 Å². The van der Waals surface area contributed by atoms with Crippen LogP contribution in [0.25, 0.3) is 11.5 Å². The number of pyridine rings is 1. The van der Waals surface area contributed by atoms with Gasteiger partial charge in [0.15, 0.2) is 5.82 Å². The van der Waals surface area contributed by atoms with Crippen LogP contribution in [0.5, 0.6) is 0 Å². The minimum Gasteiger partial charge on any atom is -0.370 e. The Morgan fingerprint density at radius 3 is 2.62 bits per heavy atom. The van der Waals surface area contributed by atoms with E-state index in [1.165, 1.54) is 4.88 Å². The molecule has 3 heterocycles. The van der Waals surface area contributed by atoms with Crippen molar-refractivity contribution >= 4 is 17.2 Å². The maximum Gasteiger partial charge on any atom is 0.259 e. The Morgan fingerprint density at radius 2 is 2.04 bits per heavy atom. The molecule has 0 amide bonds. The Bertz CT molecular complexity index is 787. The van der Waals surface area contributed by atoms with Gasteiger partial charge >= 0.3 is 0 Å². The first kappa shape index (κ1) is 16.6. The van der Waals surface area contributed by atoms with Gasteiger partial charge in [0, 0.05) is 30.0 Å². The van der Waals surface area contributed by atoms with Gasteiger partial charge in [-0.05, 0) is 26.0 Å². The largest absolute Gasteiger partial charge is 0.370 e. The van der Waals surface area contributed by atoms with Crippen LogP contribution in [0.4, 0.5) is 5.82 Å². The first-order valence-electron chi connectivity index (χ1n) is 7.99. The molecule has 126 valence electrons. The van der Waals surface area contributed by atoms with Crippen LogP contribution in [0, 0.1) is 13.8 Å². The zero-order chi connectivity index (χ0) is 17.1. The zero-order valence-electron chi connectivity index (χ0n) is 14.3. The summed E-state index contributed by atoms with van der Waals surface area (Å²) in [6, 6.07) is 3.86. The highest BCUT2D eigenvalue weighted by atomic mass is 32.1. The standard InChI is InChI=1S/C17H21N5OS/c1-10(2)16-21-17(23-22-16)13-5-6-14(19-9-13)18-8-7-15-20-11(3)12(4)24-15/h5-6,9-10H,7-8H2,1-4H3,(H,18,19). The highest BCUT2D eigenvalue weighted by Crippen LogP contribution is 2.20. The summed E-state index contributed by atoms with van der Waals surface area (Å²) < 4.78 is 5.28. The van der Waals surface area contributed by atoms with Crippen LogP contribution in [-0.4, -0.2) is 26.7 Å². The summed E-state index contributed by atoms with van der Waals surface area (Å²) in [5.74, 6) is 2.29. The van der Waals surface area contributed by atoms with Crippen LogP contribution >= 0.6 is 11.3 Å². The molecule has 0 unspecified atom stereocenters. The topological polar surface area (TPSA) is 76.7 Å². The van der Waals surface area contributed by atoms with E-state index < -0.39 is 0 Å². The van der Waals surface area contributed by atoms with E-state index in [1.807, 2.05) is 32.9 Å². The number of rotatable bonds is 6. The summed E-state index contributed by atoms with van der Waals surface area (Å²) >= 11 is 1.75. The average Bonchev–Trinajstić information content (AvgIpc) is 3.16. The van der Waals surface area contributed by atoms with Gasteiger partial charge in [0.05, 0.1) is 16.3 Å². The Kier molecular flexibility index (Phi) is 4.89. The van der Waals surface area contributed by atoms with Gasteiger partial charge < -0.3 is 9.84 Å². The summed E-state index contributed by atoms with van der Waals surface area (Å²) in [4.78, 5) is 14.6. The first-order chi connectivity index (χ1) is 11.5. The predicted octanol–water partition coefficient (Wildman–Crippen LogP) is 3.98. The van der Waals surface area contributed by atoms with Crippen LogP contribution in [0.3, 0.4) is 0 Å².